The number of benzene rings is 1. The normalized spacial score (nSPS) is 21.7. The number of nitrogens with two attached hydrogens (primary N) is 1. The maximum Gasteiger partial charge on any atom is 0.129 e. The van der Waals surface area contributed by atoms with Crippen LogP contribution in [-0.4, -0.2) is 24.5 Å². The van der Waals surface area contributed by atoms with E-state index in [-0.39, 0.29) is 5.82 Å². The molecule has 2 rings (SSSR count). The summed E-state index contributed by atoms with van der Waals surface area (Å²) in [4.78, 5) is 2.24. The summed E-state index contributed by atoms with van der Waals surface area (Å²) in [6.07, 6.45) is 2.31. The van der Waals surface area contributed by atoms with Gasteiger partial charge in [-0.25, -0.2) is 4.39 Å². The lowest BCUT2D eigenvalue weighted by atomic mass is 9.98. The van der Waals surface area contributed by atoms with E-state index in [1.54, 1.807) is 12.1 Å². The number of piperidine rings is 1. The summed E-state index contributed by atoms with van der Waals surface area (Å²) in [5, 5.41) is 0.514. The van der Waals surface area contributed by atoms with E-state index in [1.165, 1.54) is 12.5 Å². The van der Waals surface area contributed by atoms with Crippen LogP contribution in [0.2, 0.25) is 5.02 Å². The van der Waals surface area contributed by atoms with Crippen LogP contribution in [0.4, 0.5) is 4.39 Å². The highest BCUT2D eigenvalue weighted by atomic mass is 35.5. The fraction of sp³-hybridized carbons (Fsp3) is 0.538. The predicted molar refractivity (Wildman–Crippen MR) is 68.5 cm³/mol. The molecule has 0 unspecified atom stereocenters. The van der Waals surface area contributed by atoms with Crippen LogP contribution in [0.25, 0.3) is 0 Å². The van der Waals surface area contributed by atoms with Crippen LogP contribution < -0.4 is 5.73 Å². The van der Waals surface area contributed by atoms with Crippen LogP contribution in [0.1, 0.15) is 18.4 Å². The van der Waals surface area contributed by atoms with E-state index >= 15 is 0 Å². The van der Waals surface area contributed by atoms with E-state index in [0.29, 0.717) is 29.6 Å². The second-order valence-electron chi connectivity index (χ2n) is 4.68. The van der Waals surface area contributed by atoms with Crippen LogP contribution in [0.15, 0.2) is 18.2 Å². The van der Waals surface area contributed by atoms with E-state index in [1.807, 2.05) is 0 Å². The summed E-state index contributed by atoms with van der Waals surface area (Å²) < 4.78 is 13.6. The first kappa shape index (κ1) is 12.8. The second kappa shape index (κ2) is 5.80. The van der Waals surface area contributed by atoms with Crippen molar-refractivity contribution in [3.8, 4) is 0 Å². The van der Waals surface area contributed by atoms with Gasteiger partial charge in [-0.3, -0.25) is 4.90 Å². The summed E-state index contributed by atoms with van der Waals surface area (Å²) in [6.45, 7) is 3.24. The van der Waals surface area contributed by atoms with Gasteiger partial charge in [0, 0.05) is 23.7 Å². The van der Waals surface area contributed by atoms with Gasteiger partial charge in [0.05, 0.1) is 0 Å². The summed E-state index contributed by atoms with van der Waals surface area (Å²) in [6, 6.07) is 4.84. The van der Waals surface area contributed by atoms with Gasteiger partial charge in [-0.05, 0) is 44.0 Å². The van der Waals surface area contributed by atoms with E-state index in [2.05, 4.69) is 4.90 Å². The third kappa shape index (κ3) is 3.18. The van der Waals surface area contributed by atoms with Crippen molar-refractivity contribution < 1.29 is 4.39 Å². The third-order valence-electron chi connectivity index (χ3n) is 3.38. The van der Waals surface area contributed by atoms with E-state index < -0.39 is 0 Å². The lowest BCUT2D eigenvalue weighted by molar-refractivity contribution is 0.169. The molecule has 1 aromatic rings. The molecule has 0 bridgehead atoms. The smallest absolute Gasteiger partial charge is 0.129 e. The predicted octanol–water partition coefficient (Wildman–Crippen LogP) is 2.65. The number of halogens is 2. The maximum atomic E-state index is 13.6. The molecule has 2 nitrogen and oxygen atoms in total. The molecule has 1 aliphatic heterocycles. The zero-order chi connectivity index (χ0) is 12.3. The van der Waals surface area contributed by atoms with Gasteiger partial charge in [-0.1, -0.05) is 17.7 Å². The van der Waals surface area contributed by atoms with Gasteiger partial charge in [0.25, 0.3) is 0 Å². The lowest BCUT2D eigenvalue weighted by Gasteiger charge is -2.32. The molecule has 0 aliphatic carbocycles. The van der Waals surface area contributed by atoms with Crippen molar-refractivity contribution in [1.82, 2.24) is 4.90 Å². The van der Waals surface area contributed by atoms with Crippen LogP contribution in [0.5, 0.6) is 0 Å². The van der Waals surface area contributed by atoms with Crippen LogP contribution in [0, 0.1) is 11.7 Å². The molecule has 0 saturated carbocycles. The van der Waals surface area contributed by atoms with Gasteiger partial charge in [-0.15, -0.1) is 0 Å². The number of hydrogen-bond donors (Lipinski definition) is 1. The number of likely N-dealkylation sites (tertiary alicyclic amines) is 1. The molecule has 1 heterocycles. The molecule has 1 aliphatic rings. The average molecular weight is 257 g/mol. The van der Waals surface area contributed by atoms with Crippen LogP contribution in [-0.2, 0) is 6.54 Å². The molecule has 0 spiro atoms. The van der Waals surface area contributed by atoms with Gasteiger partial charge < -0.3 is 5.73 Å². The quantitative estimate of drug-likeness (QED) is 0.901. The van der Waals surface area contributed by atoms with Crippen molar-refractivity contribution in [1.29, 1.82) is 0 Å². The number of hydrogen-bond acceptors (Lipinski definition) is 2. The fourth-order valence-corrected chi connectivity index (χ4v) is 2.62. The van der Waals surface area contributed by atoms with E-state index in [0.717, 1.165) is 19.5 Å². The van der Waals surface area contributed by atoms with Crippen molar-refractivity contribution in [2.45, 2.75) is 19.4 Å². The first-order valence-electron chi connectivity index (χ1n) is 6.06. The van der Waals surface area contributed by atoms with Crippen LogP contribution >= 0.6 is 11.6 Å². The van der Waals surface area contributed by atoms with Gasteiger partial charge in [-0.2, -0.15) is 0 Å². The van der Waals surface area contributed by atoms with Crippen LogP contribution in [0.3, 0.4) is 0 Å². The Morgan fingerprint density at radius 1 is 1.47 bits per heavy atom. The SMILES string of the molecule is NC[C@H]1CCCN(Cc2c(F)cccc2Cl)C1. The second-order valence-corrected chi connectivity index (χ2v) is 5.09. The summed E-state index contributed by atoms with van der Waals surface area (Å²) in [5.74, 6) is 0.321. The highest BCUT2D eigenvalue weighted by Crippen LogP contribution is 2.23. The molecular formula is C13H18ClFN2. The molecule has 1 fully saturated rings. The molecule has 94 valence electrons. The topological polar surface area (TPSA) is 29.3 Å². The van der Waals surface area contributed by atoms with Crippen molar-refractivity contribution in [2.75, 3.05) is 19.6 Å². The Kier molecular flexibility index (Phi) is 4.37. The standard InChI is InChI=1S/C13H18ClFN2/c14-12-4-1-5-13(15)11(12)9-17-6-2-3-10(7-16)8-17/h1,4-5,10H,2-3,6-9,16H2/t10-/m1/s1. The zero-order valence-electron chi connectivity index (χ0n) is 9.83. The first-order valence-corrected chi connectivity index (χ1v) is 6.44. The summed E-state index contributed by atoms with van der Waals surface area (Å²) >= 11 is 6.03. The first-order chi connectivity index (χ1) is 8.20. The zero-order valence-corrected chi connectivity index (χ0v) is 10.6. The average Bonchev–Trinajstić information content (AvgIpc) is 2.34. The fourth-order valence-electron chi connectivity index (χ4n) is 2.39. The summed E-state index contributed by atoms with van der Waals surface area (Å²) in [7, 11) is 0. The van der Waals surface area contributed by atoms with Crippen molar-refractivity contribution in [3.05, 3.63) is 34.6 Å². The Morgan fingerprint density at radius 3 is 3.00 bits per heavy atom. The van der Waals surface area contributed by atoms with Gasteiger partial charge in [0.1, 0.15) is 5.82 Å². The summed E-state index contributed by atoms with van der Waals surface area (Å²) in [5.41, 5.74) is 6.30. The Labute approximate surface area is 107 Å². The molecule has 1 atom stereocenters. The van der Waals surface area contributed by atoms with Gasteiger partial charge in [0.15, 0.2) is 0 Å². The maximum absolute atomic E-state index is 13.6. The highest BCUT2D eigenvalue weighted by molar-refractivity contribution is 6.31. The molecular weight excluding hydrogens is 239 g/mol. The molecule has 1 saturated heterocycles. The number of rotatable bonds is 3. The van der Waals surface area contributed by atoms with Crippen molar-refractivity contribution >= 4 is 11.6 Å². The minimum Gasteiger partial charge on any atom is -0.330 e. The highest BCUT2D eigenvalue weighted by Gasteiger charge is 2.20. The molecule has 2 N–H and O–H groups in total. The monoisotopic (exact) mass is 256 g/mol. The molecule has 0 aromatic heterocycles. The lowest BCUT2D eigenvalue weighted by Crippen LogP contribution is -2.38. The molecule has 0 radical (unpaired) electrons. The minimum absolute atomic E-state index is 0.215. The van der Waals surface area contributed by atoms with E-state index in [4.69, 9.17) is 17.3 Å². The molecule has 4 heteroatoms. The Bertz CT molecular complexity index is 363. The number of nitrogens with zero attached hydrogens (tertiary/aromatic N) is 1. The van der Waals surface area contributed by atoms with Crippen molar-refractivity contribution in [3.63, 3.8) is 0 Å². The van der Waals surface area contributed by atoms with Crippen molar-refractivity contribution in [2.24, 2.45) is 11.7 Å². The molecule has 17 heavy (non-hydrogen) atoms. The largest absolute Gasteiger partial charge is 0.330 e. The van der Waals surface area contributed by atoms with E-state index in [9.17, 15) is 4.39 Å². The Morgan fingerprint density at radius 2 is 2.29 bits per heavy atom. The molecule has 1 aromatic carbocycles. The van der Waals surface area contributed by atoms with Gasteiger partial charge in [0.2, 0.25) is 0 Å². The molecule has 0 amide bonds. The third-order valence-corrected chi connectivity index (χ3v) is 3.73. The Hall–Kier alpha value is -0.640. The van der Waals surface area contributed by atoms with Gasteiger partial charge >= 0.3 is 0 Å². The Balaban J connectivity index is 2.05. The minimum atomic E-state index is -0.215.